The molecule has 0 bridgehead atoms. The molecule has 0 saturated carbocycles. The number of esters is 1. The molecule has 0 saturated heterocycles. The van der Waals surface area contributed by atoms with Crippen molar-refractivity contribution in [2.45, 2.75) is 0 Å². The van der Waals surface area contributed by atoms with Crippen LogP contribution >= 0.6 is 0 Å². The van der Waals surface area contributed by atoms with Gasteiger partial charge in [-0.2, -0.15) is 0 Å². The maximum absolute atomic E-state index is 12.9. The Kier molecular flexibility index (Phi) is 5.88. The first-order valence-corrected chi connectivity index (χ1v) is 11.1. The lowest BCUT2D eigenvalue weighted by atomic mass is 10.0. The highest BCUT2D eigenvalue weighted by Crippen LogP contribution is 2.30. The summed E-state index contributed by atoms with van der Waals surface area (Å²) in [6.07, 6.45) is 0. The van der Waals surface area contributed by atoms with E-state index in [1.165, 1.54) is 42.5 Å². The molecule has 1 aliphatic rings. The van der Waals surface area contributed by atoms with Gasteiger partial charge >= 0.3 is 5.97 Å². The summed E-state index contributed by atoms with van der Waals surface area (Å²) in [7, 11) is 0. The number of Topliss-reactive ketones (excluding diaryl/α,β-unsaturated/α-hetero) is 1. The number of nitrogens with zero attached hydrogens (tertiary/aromatic N) is 1. The highest BCUT2D eigenvalue weighted by atomic mass is 16.5. The molecule has 4 aromatic carbocycles. The van der Waals surface area contributed by atoms with E-state index in [2.05, 4.69) is 0 Å². The number of amides is 2. The molecule has 176 valence electrons. The number of aromatic hydroxyl groups is 1. The van der Waals surface area contributed by atoms with Crippen LogP contribution in [0.25, 0.3) is 11.1 Å². The molecule has 0 spiro atoms. The van der Waals surface area contributed by atoms with Crippen molar-refractivity contribution in [3.63, 3.8) is 0 Å². The largest absolute Gasteiger partial charge is 0.508 e. The van der Waals surface area contributed by atoms with Gasteiger partial charge < -0.3 is 9.84 Å². The van der Waals surface area contributed by atoms with Gasteiger partial charge in [-0.1, -0.05) is 54.6 Å². The molecule has 1 N–H and O–H groups in total. The fourth-order valence-electron chi connectivity index (χ4n) is 3.98. The predicted octanol–water partition coefficient (Wildman–Crippen LogP) is 4.90. The molecule has 0 fully saturated rings. The van der Waals surface area contributed by atoms with Gasteiger partial charge in [0, 0.05) is 5.56 Å². The average Bonchev–Trinajstić information content (AvgIpc) is 3.17. The topological polar surface area (TPSA) is 101 Å². The highest BCUT2D eigenvalue weighted by molar-refractivity contribution is 6.34. The van der Waals surface area contributed by atoms with E-state index in [1.54, 1.807) is 12.1 Å². The molecule has 5 rings (SSSR count). The van der Waals surface area contributed by atoms with Crippen LogP contribution < -0.4 is 4.90 Å². The number of ketones is 1. The second-order valence-electron chi connectivity index (χ2n) is 8.17. The number of ether oxygens (including phenoxy) is 1. The zero-order chi connectivity index (χ0) is 25.2. The van der Waals surface area contributed by atoms with Crippen molar-refractivity contribution < 1.29 is 29.0 Å². The third kappa shape index (κ3) is 4.25. The summed E-state index contributed by atoms with van der Waals surface area (Å²) in [5.74, 6) is -2.27. The van der Waals surface area contributed by atoms with E-state index in [9.17, 15) is 24.3 Å². The molecule has 4 aromatic rings. The Bertz CT molecular complexity index is 1490. The minimum Gasteiger partial charge on any atom is -0.508 e. The number of fused-ring (bicyclic) bond motifs is 1. The number of benzene rings is 4. The van der Waals surface area contributed by atoms with Crippen LogP contribution in [-0.4, -0.2) is 35.3 Å². The summed E-state index contributed by atoms with van der Waals surface area (Å²) in [6.45, 7) is -0.465. The lowest BCUT2D eigenvalue weighted by Crippen LogP contribution is -2.29. The average molecular weight is 477 g/mol. The lowest BCUT2D eigenvalue weighted by molar-refractivity contribution is 0.0474. The lowest BCUT2D eigenvalue weighted by Gasteiger charge is -2.13. The van der Waals surface area contributed by atoms with E-state index < -0.39 is 24.4 Å². The van der Waals surface area contributed by atoms with Gasteiger partial charge in [0.1, 0.15) is 5.75 Å². The second-order valence-corrected chi connectivity index (χ2v) is 8.17. The third-order valence-electron chi connectivity index (χ3n) is 5.88. The van der Waals surface area contributed by atoms with Crippen molar-refractivity contribution in [1.29, 1.82) is 0 Å². The molecule has 1 aliphatic heterocycles. The smallest absolute Gasteiger partial charge is 0.338 e. The van der Waals surface area contributed by atoms with Crippen molar-refractivity contribution in [3.05, 3.63) is 119 Å². The van der Waals surface area contributed by atoms with Crippen molar-refractivity contribution in [2.75, 3.05) is 11.5 Å². The molecule has 1 heterocycles. The number of carbonyl (C=O) groups excluding carboxylic acids is 4. The summed E-state index contributed by atoms with van der Waals surface area (Å²) in [4.78, 5) is 51.7. The van der Waals surface area contributed by atoms with Gasteiger partial charge in [0.2, 0.25) is 0 Å². The first kappa shape index (κ1) is 22.7. The van der Waals surface area contributed by atoms with E-state index in [0.29, 0.717) is 11.3 Å². The second kappa shape index (κ2) is 9.31. The Morgan fingerprint density at radius 2 is 1.31 bits per heavy atom. The molecular weight excluding hydrogens is 458 g/mol. The molecule has 0 radical (unpaired) electrons. The minimum atomic E-state index is -0.782. The van der Waals surface area contributed by atoms with Crippen LogP contribution in [0.5, 0.6) is 5.75 Å². The molecule has 7 nitrogen and oxygen atoms in total. The molecule has 7 heteroatoms. The molecule has 0 aliphatic carbocycles. The Hall–Kier alpha value is -5.04. The maximum atomic E-state index is 12.9. The van der Waals surface area contributed by atoms with Gasteiger partial charge in [-0.3, -0.25) is 14.4 Å². The summed E-state index contributed by atoms with van der Waals surface area (Å²) < 4.78 is 5.18. The van der Waals surface area contributed by atoms with E-state index in [1.807, 2.05) is 42.5 Å². The Morgan fingerprint density at radius 3 is 2.00 bits per heavy atom. The zero-order valence-electron chi connectivity index (χ0n) is 18.9. The monoisotopic (exact) mass is 477 g/mol. The van der Waals surface area contributed by atoms with Crippen LogP contribution in [0.2, 0.25) is 0 Å². The number of rotatable bonds is 6. The Morgan fingerprint density at radius 1 is 0.694 bits per heavy atom. The first-order chi connectivity index (χ1) is 17.4. The molecule has 0 aromatic heterocycles. The van der Waals surface area contributed by atoms with Gasteiger partial charge in [-0.15, -0.1) is 0 Å². The van der Waals surface area contributed by atoms with Gasteiger partial charge in [0.15, 0.2) is 12.4 Å². The van der Waals surface area contributed by atoms with Crippen LogP contribution in [-0.2, 0) is 4.74 Å². The van der Waals surface area contributed by atoms with Gasteiger partial charge in [0.25, 0.3) is 11.8 Å². The van der Waals surface area contributed by atoms with Crippen LogP contribution in [0.15, 0.2) is 97.1 Å². The van der Waals surface area contributed by atoms with E-state index >= 15 is 0 Å². The fraction of sp³-hybridized carbons (Fsp3) is 0.0345. The number of phenols is 1. The van der Waals surface area contributed by atoms with Gasteiger partial charge in [-0.25, -0.2) is 9.69 Å². The number of hydrogen-bond donors (Lipinski definition) is 1. The molecule has 36 heavy (non-hydrogen) atoms. The number of carbonyl (C=O) groups is 4. The third-order valence-corrected chi connectivity index (χ3v) is 5.88. The standard InChI is InChI=1S/C29H19NO6/c31-23-13-11-22(12-14-23)30-27(33)24-15-10-21(16-25(24)28(30)34)29(35)36-17-26(32)20-8-6-19(7-9-20)18-4-2-1-3-5-18/h1-16,31H,17H2. The quantitative estimate of drug-likeness (QED) is 0.241. The van der Waals surface area contributed by atoms with Crippen molar-refractivity contribution in [3.8, 4) is 16.9 Å². The first-order valence-electron chi connectivity index (χ1n) is 11.1. The van der Waals surface area contributed by atoms with Gasteiger partial charge in [-0.05, 0) is 53.6 Å². The van der Waals surface area contributed by atoms with Crippen molar-refractivity contribution in [1.82, 2.24) is 0 Å². The SMILES string of the molecule is O=C(COC(=O)c1ccc2c(c1)C(=O)N(c1ccc(O)cc1)C2=O)c1ccc(-c2ccccc2)cc1. The van der Waals surface area contributed by atoms with Gasteiger partial charge in [0.05, 0.1) is 22.4 Å². The summed E-state index contributed by atoms with van der Waals surface area (Å²) >= 11 is 0. The highest BCUT2D eigenvalue weighted by Gasteiger charge is 2.37. The predicted molar refractivity (Wildman–Crippen MR) is 132 cm³/mol. The number of anilines is 1. The number of phenolic OH excluding ortho intramolecular Hbond substituents is 1. The Balaban J connectivity index is 1.26. The van der Waals surface area contributed by atoms with Crippen molar-refractivity contribution >= 4 is 29.3 Å². The fourth-order valence-corrected chi connectivity index (χ4v) is 3.98. The van der Waals surface area contributed by atoms with Crippen LogP contribution in [0.3, 0.4) is 0 Å². The molecule has 0 atom stereocenters. The number of imide groups is 1. The summed E-state index contributed by atoms with van der Waals surface area (Å²) in [5, 5.41) is 9.46. The molecule has 2 amide bonds. The maximum Gasteiger partial charge on any atom is 0.338 e. The summed E-state index contributed by atoms with van der Waals surface area (Å²) in [6, 6.07) is 26.4. The zero-order valence-corrected chi connectivity index (χ0v) is 18.9. The minimum absolute atomic E-state index is 0.00192. The van der Waals surface area contributed by atoms with Crippen LogP contribution in [0.4, 0.5) is 5.69 Å². The molecule has 0 unspecified atom stereocenters. The van der Waals surface area contributed by atoms with E-state index in [4.69, 9.17) is 4.74 Å². The van der Waals surface area contributed by atoms with Crippen LogP contribution in [0.1, 0.15) is 41.4 Å². The van der Waals surface area contributed by atoms with E-state index in [0.717, 1.165) is 16.0 Å². The van der Waals surface area contributed by atoms with Crippen LogP contribution in [0, 0.1) is 0 Å². The normalized spacial score (nSPS) is 12.4. The number of hydrogen-bond acceptors (Lipinski definition) is 6. The Labute approximate surface area is 206 Å². The summed E-state index contributed by atoms with van der Waals surface area (Å²) in [5.41, 5.74) is 2.95. The molecular formula is C29H19NO6. The van der Waals surface area contributed by atoms with Crippen molar-refractivity contribution in [2.24, 2.45) is 0 Å². The van der Waals surface area contributed by atoms with E-state index in [-0.39, 0.29) is 28.2 Å².